The first-order valence-corrected chi connectivity index (χ1v) is 6.95. The fraction of sp³-hybridized carbons (Fsp3) is 0.0769. The molecule has 0 aliphatic carbocycles. The second-order valence-corrected chi connectivity index (χ2v) is 4.75. The number of hydrogen-bond acceptors (Lipinski definition) is 4. The Morgan fingerprint density at radius 2 is 1.40 bits per heavy atom. The second kappa shape index (κ2) is 6.90. The molecule has 0 aliphatic heterocycles. The maximum Gasteiger partial charge on any atom is 0.394 e. The van der Waals surface area contributed by atoms with Gasteiger partial charge in [0.2, 0.25) is 0 Å². The van der Waals surface area contributed by atoms with Crippen molar-refractivity contribution in [1.29, 1.82) is 0 Å². The Kier molecular flexibility index (Phi) is 5.51. The highest BCUT2D eigenvalue weighted by molar-refractivity contribution is 7.79. The number of rotatable bonds is 2. The van der Waals surface area contributed by atoms with E-state index in [1.165, 1.54) is 0 Å². The van der Waals surface area contributed by atoms with Crippen LogP contribution in [0, 0.1) is 6.92 Å². The van der Waals surface area contributed by atoms with Crippen molar-refractivity contribution in [2.45, 2.75) is 6.92 Å². The molecule has 4 N–H and O–H groups in total. The van der Waals surface area contributed by atoms with Crippen molar-refractivity contribution in [3.8, 4) is 11.5 Å². The van der Waals surface area contributed by atoms with Crippen LogP contribution >= 0.6 is 0 Å². The third-order valence-electron chi connectivity index (χ3n) is 2.23. The number of nitrogens with two attached hydrogens (primary N) is 1. The number of nitrogen functional groups attached to an aromatic ring is 1. The van der Waals surface area contributed by atoms with Crippen molar-refractivity contribution in [3.63, 3.8) is 0 Å². The van der Waals surface area contributed by atoms with Crippen LogP contribution in [0.25, 0.3) is 0 Å². The van der Waals surface area contributed by atoms with E-state index in [1.807, 2.05) is 55.5 Å². The monoisotopic (exact) mass is 297 g/mol. The van der Waals surface area contributed by atoms with Gasteiger partial charge in [-0.1, -0.05) is 30.3 Å². The van der Waals surface area contributed by atoms with E-state index < -0.39 is 10.4 Å². The van der Waals surface area contributed by atoms with Gasteiger partial charge in [0.1, 0.15) is 11.5 Å². The zero-order valence-corrected chi connectivity index (χ0v) is 11.5. The highest BCUT2D eigenvalue weighted by Gasteiger charge is 2.02. The molecule has 0 amide bonds. The predicted molar refractivity (Wildman–Crippen MR) is 76.3 cm³/mol. The third kappa shape index (κ3) is 6.19. The van der Waals surface area contributed by atoms with Crippen LogP contribution in [0.5, 0.6) is 11.5 Å². The summed E-state index contributed by atoms with van der Waals surface area (Å²) in [5, 5.41) is 0. The Balaban J connectivity index is 0.000000347. The number of anilines is 1. The molecule has 20 heavy (non-hydrogen) atoms. The van der Waals surface area contributed by atoms with E-state index in [0.717, 1.165) is 11.3 Å². The van der Waals surface area contributed by atoms with Gasteiger partial charge >= 0.3 is 10.4 Å². The van der Waals surface area contributed by atoms with Crippen molar-refractivity contribution in [2.24, 2.45) is 0 Å². The van der Waals surface area contributed by atoms with E-state index in [4.69, 9.17) is 28.0 Å². The molecule has 0 atom stereocenters. The molecule has 6 nitrogen and oxygen atoms in total. The Morgan fingerprint density at radius 1 is 0.950 bits per heavy atom. The summed E-state index contributed by atoms with van der Waals surface area (Å²) >= 11 is 0. The first kappa shape index (κ1) is 16.0. The molecule has 7 heteroatoms. The molecule has 0 bridgehead atoms. The van der Waals surface area contributed by atoms with Crippen LogP contribution in [-0.4, -0.2) is 17.5 Å². The van der Waals surface area contributed by atoms with Crippen molar-refractivity contribution in [3.05, 3.63) is 54.1 Å². The lowest BCUT2D eigenvalue weighted by Gasteiger charge is -2.09. The number of hydrogen-bond donors (Lipinski definition) is 3. The van der Waals surface area contributed by atoms with Gasteiger partial charge in [0.15, 0.2) is 0 Å². The molecule has 0 heterocycles. The minimum Gasteiger partial charge on any atom is -0.455 e. The highest BCUT2D eigenvalue weighted by atomic mass is 32.3. The van der Waals surface area contributed by atoms with Gasteiger partial charge in [-0.25, -0.2) is 0 Å². The Hall–Kier alpha value is -2.09. The molecule has 0 aromatic heterocycles. The molecular formula is C13H15NO5S. The van der Waals surface area contributed by atoms with E-state index in [9.17, 15) is 0 Å². The summed E-state index contributed by atoms with van der Waals surface area (Å²) < 4.78 is 37.3. The molecule has 0 radical (unpaired) electrons. The Bertz CT molecular complexity index is 618. The van der Waals surface area contributed by atoms with Crippen molar-refractivity contribution < 1.29 is 22.3 Å². The van der Waals surface area contributed by atoms with Crippen LogP contribution in [0.15, 0.2) is 48.5 Å². The molecule has 0 spiro atoms. The predicted octanol–water partition coefficient (Wildman–Crippen LogP) is 2.72. The lowest BCUT2D eigenvalue weighted by molar-refractivity contribution is 0.381. The normalized spacial score (nSPS) is 10.3. The van der Waals surface area contributed by atoms with Crippen LogP contribution in [0.3, 0.4) is 0 Å². The minimum atomic E-state index is -4.67. The molecule has 2 aromatic rings. The van der Waals surface area contributed by atoms with Gasteiger partial charge in [-0.2, -0.15) is 8.42 Å². The SMILES string of the molecule is Cc1ccccc1Oc1ccccc1N.O=S(=O)(O)O. The Labute approximate surface area is 117 Å². The number of ether oxygens (including phenoxy) is 1. The van der Waals surface area contributed by atoms with Crippen molar-refractivity contribution in [1.82, 2.24) is 0 Å². The zero-order valence-electron chi connectivity index (χ0n) is 10.7. The van der Waals surface area contributed by atoms with Crippen LogP contribution in [0.1, 0.15) is 5.56 Å². The lowest BCUT2D eigenvalue weighted by Crippen LogP contribution is -1.92. The standard InChI is InChI=1S/C13H13NO.H2O4S/c1-10-6-2-4-8-12(10)15-13-9-5-3-7-11(13)14;1-5(2,3)4/h2-9H,14H2,1H3;(H2,1,2,3,4). The summed E-state index contributed by atoms with van der Waals surface area (Å²) in [6.07, 6.45) is 0. The second-order valence-electron chi connectivity index (χ2n) is 3.85. The highest BCUT2D eigenvalue weighted by Crippen LogP contribution is 2.28. The van der Waals surface area contributed by atoms with E-state index >= 15 is 0 Å². The fourth-order valence-corrected chi connectivity index (χ4v) is 1.36. The van der Waals surface area contributed by atoms with Gasteiger partial charge in [-0.3, -0.25) is 9.11 Å². The van der Waals surface area contributed by atoms with E-state index in [1.54, 1.807) is 0 Å². The number of para-hydroxylation sites is 3. The largest absolute Gasteiger partial charge is 0.455 e. The van der Waals surface area contributed by atoms with Gasteiger partial charge in [0.05, 0.1) is 5.69 Å². The summed E-state index contributed by atoms with van der Waals surface area (Å²) in [6, 6.07) is 15.4. The molecule has 0 saturated heterocycles. The van der Waals surface area contributed by atoms with Crippen molar-refractivity contribution in [2.75, 3.05) is 5.73 Å². The quantitative estimate of drug-likeness (QED) is 0.580. The lowest BCUT2D eigenvalue weighted by atomic mass is 10.2. The summed E-state index contributed by atoms with van der Waals surface area (Å²) in [5.41, 5.74) is 7.54. The molecule has 2 aromatic carbocycles. The first-order valence-electron chi connectivity index (χ1n) is 5.55. The van der Waals surface area contributed by atoms with Crippen LogP contribution in [-0.2, 0) is 10.4 Å². The first-order chi connectivity index (χ1) is 9.27. The van der Waals surface area contributed by atoms with Gasteiger partial charge in [0, 0.05) is 0 Å². The van der Waals surface area contributed by atoms with Crippen molar-refractivity contribution >= 4 is 16.1 Å². The van der Waals surface area contributed by atoms with Gasteiger partial charge in [-0.05, 0) is 30.7 Å². The van der Waals surface area contributed by atoms with Gasteiger partial charge in [-0.15, -0.1) is 0 Å². The van der Waals surface area contributed by atoms with E-state index in [2.05, 4.69) is 0 Å². The molecule has 108 valence electrons. The fourth-order valence-electron chi connectivity index (χ4n) is 1.36. The van der Waals surface area contributed by atoms with E-state index in [0.29, 0.717) is 11.4 Å². The number of benzene rings is 2. The van der Waals surface area contributed by atoms with E-state index in [-0.39, 0.29) is 0 Å². The topological polar surface area (TPSA) is 110 Å². The average molecular weight is 297 g/mol. The number of aryl methyl sites for hydroxylation is 1. The zero-order chi connectivity index (χ0) is 15.2. The Morgan fingerprint density at radius 3 is 1.90 bits per heavy atom. The molecule has 0 fully saturated rings. The maximum atomic E-state index is 8.74. The van der Waals surface area contributed by atoms with Crippen LogP contribution < -0.4 is 10.5 Å². The molecular weight excluding hydrogens is 282 g/mol. The minimum absolute atomic E-state index is 0.653. The van der Waals surface area contributed by atoms with Gasteiger partial charge in [0.25, 0.3) is 0 Å². The smallest absolute Gasteiger partial charge is 0.394 e. The molecule has 0 saturated carbocycles. The summed E-state index contributed by atoms with van der Waals surface area (Å²) in [7, 11) is -4.67. The average Bonchev–Trinajstić information content (AvgIpc) is 2.33. The maximum absolute atomic E-state index is 8.74. The summed E-state index contributed by atoms with van der Waals surface area (Å²) in [5.74, 6) is 1.54. The van der Waals surface area contributed by atoms with Gasteiger partial charge < -0.3 is 10.5 Å². The molecule has 2 rings (SSSR count). The molecule has 0 aliphatic rings. The summed E-state index contributed by atoms with van der Waals surface area (Å²) in [4.78, 5) is 0. The van der Waals surface area contributed by atoms with Crippen LogP contribution in [0.4, 0.5) is 5.69 Å². The van der Waals surface area contributed by atoms with Crippen LogP contribution in [0.2, 0.25) is 0 Å². The summed E-state index contributed by atoms with van der Waals surface area (Å²) in [6.45, 7) is 2.01. The molecule has 0 unspecified atom stereocenters. The third-order valence-corrected chi connectivity index (χ3v) is 2.23.